The highest BCUT2D eigenvalue weighted by molar-refractivity contribution is 7.90. The number of aryl methyl sites for hydroxylation is 1. The molecule has 2 aromatic heterocycles. The topological polar surface area (TPSA) is 153 Å². The van der Waals surface area contributed by atoms with E-state index in [2.05, 4.69) is 15.0 Å². The van der Waals surface area contributed by atoms with Crippen molar-refractivity contribution in [1.82, 2.24) is 13.7 Å². The third kappa shape index (κ3) is 4.82. The highest BCUT2D eigenvalue weighted by Crippen LogP contribution is 2.39. The Morgan fingerprint density at radius 3 is 2.43 bits per heavy atom. The van der Waals surface area contributed by atoms with Gasteiger partial charge in [0, 0.05) is 18.3 Å². The molecule has 2 aliphatic carbocycles. The summed E-state index contributed by atoms with van der Waals surface area (Å²) in [5, 5.41) is 15.2. The lowest BCUT2D eigenvalue weighted by molar-refractivity contribution is -0.384. The molecule has 0 spiro atoms. The molecule has 0 aliphatic heterocycles. The van der Waals surface area contributed by atoms with E-state index in [4.69, 9.17) is 0 Å². The summed E-state index contributed by atoms with van der Waals surface area (Å²) in [6.07, 6.45) is 5.59. The summed E-state index contributed by atoms with van der Waals surface area (Å²) < 4.78 is 55.5. The van der Waals surface area contributed by atoms with Crippen LogP contribution in [0.5, 0.6) is 0 Å². The van der Waals surface area contributed by atoms with Crippen molar-refractivity contribution in [2.24, 2.45) is 5.92 Å². The van der Waals surface area contributed by atoms with E-state index in [1.54, 1.807) is 12.1 Å². The average Bonchev–Trinajstić information content (AvgIpc) is 3.51. The van der Waals surface area contributed by atoms with Gasteiger partial charge in [-0.2, -0.15) is 0 Å². The number of nitrogens with zero attached hydrogens (tertiary/aromatic N) is 3. The van der Waals surface area contributed by atoms with Crippen molar-refractivity contribution in [1.29, 1.82) is 0 Å². The van der Waals surface area contributed by atoms with Gasteiger partial charge in [0.1, 0.15) is 11.9 Å². The van der Waals surface area contributed by atoms with Gasteiger partial charge in [-0.3, -0.25) is 10.1 Å². The predicted octanol–water partition coefficient (Wildman–Crippen LogP) is 3.54. The number of nitrogens with one attached hydrogen (secondary N) is 2. The molecule has 2 heterocycles. The van der Waals surface area contributed by atoms with E-state index in [0.717, 1.165) is 22.2 Å². The summed E-state index contributed by atoms with van der Waals surface area (Å²) in [5.41, 5.74) is 0.902. The van der Waals surface area contributed by atoms with Crippen LogP contribution in [0.2, 0.25) is 0 Å². The minimum atomic E-state index is -3.98. The van der Waals surface area contributed by atoms with E-state index < -0.39 is 25.0 Å². The quantitative estimate of drug-likeness (QED) is 0.305. The number of benzene rings is 1. The maximum atomic E-state index is 13.3. The fraction of sp³-hybridized carbons (Fsp3) is 0.458. The second kappa shape index (κ2) is 9.37. The molecule has 2 N–H and O–H groups in total. The Balaban J connectivity index is 1.50. The van der Waals surface area contributed by atoms with Crippen molar-refractivity contribution in [2.75, 3.05) is 5.32 Å². The summed E-state index contributed by atoms with van der Waals surface area (Å²) in [5.74, 6) is 0.0769. The van der Waals surface area contributed by atoms with Crippen LogP contribution in [0.15, 0.2) is 47.6 Å². The summed E-state index contributed by atoms with van der Waals surface area (Å²) in [4.78, 5) is 15.6. The number of hydrogen-bond acceptors (Lipinski definition) is 8. The zero-order valence-electron chi connectivity index (χ0n) is 20.5. The number of nitro groups is 1. The minimum Gasteiger partial charge on any atom is -0.376 e. The second-order valence-corrected chi connectivity index (χ2v) is 13.7. The molecule has 3 aromatic rings. The Kier molecular flexibility index (Phi) is 6.49. The molecule has 0 radical (unpaired) electrons. The molecule has 3 unspecified atom stereocenters. The lowest BCUT2D eigenvalue weighted by Gasteiger charge is -2.21. The van der Waals surface area contributed by atoms with E-state index in [9.17, 15) is 26.9 Å². The van der Waals surface area contributed by atoms with Gasteiger partial charge >= 0.3 is 5.69 Å². The summed E-state index contributed by atoms with van der Waals surface area (Å²) in [6, 6.07) is 7.41. The highest BCUT2D eigenvalue weighted by Gasteiger charge is 2.41. The zero-order chi connectivity index (χ0) is 26.5. The Hall–Kier alpha value is -3.03. The normalized spacial score (nSPS) is 22.4. The lowest BCUT2D eigenvalue weighted by atomic mass is 10.00. The van der Waals surface area contributed by atoms with Gasteiger partial charge in [0.05, 0.1) is 20.5 Å². The maximum Gasteiger partial charge on any atom is 0.311 e. The van der Waals surface area contributed by atoms with E-state index in [-0.39, 0.29) is 45.2 Å². The van der Waals surface area contributed by atoms with E-state index in [1.165, 1.54) is 24.4 Å². The second-order valence-electron chi connectivity index (χ2n) is 9.89. The van der Waals surface area contributed by atoms with Crippen molar-refractivity contribution in [3.63, 3.8) is 0 Å². The molecule has 0 saturated heterocycles. The van der Waals surface area contributed by atoms with Crippen LogP contribution in [0.4, 0.5) is 11.4 Å². The molecule has 13 heteroatoms. The van der Waals surface area contributed by atoms with Crippen molar-refractivity contribution >= 4 is 42.5 Å². The van der Waals surface area contributed by atoms with Gasteiger partial charge in [-0.1, -0.05) is 31.0 Å². The highest BCUT2D eigenvalue weighted by atomic mass is 32.2. The summed E-state index contributed by atoms with van der Waals surface area (Å²) >= 11 is 0. The molecule has 5 rings (SSSR count). The van der Waals surface area contributed by atoms with Crippen LogP contribution >= 0.6 is 0 Å². The van der Waals surface area contributed by atoms with E-state index >= 15 is 0 Å². The van der Waals surface area contributed by atoms with Gasteiger partial charge in [0.15, 0.2) is 5.65 Å². The van der Waals surface area contributed by atoms with Crippen LogP contribution in [0.3, 0.4) is 0 Å². The number of aromatic nitrogens is 2. The first-order valence-corrected chi connectivity index (χ1v) is 15.2. The molecular weight excluding hydrogens is 518 g/mol. The molecule has 11 nitrogen and oxygen atoms in total. The smallest absolute Gasteiger partial charge is 0.311 e. The number of sulfonamides is 1. The average molecular weight is 548 g/mol. The molecule has 1 aromatic carbocycles. The molecule has 2 aliphatic rings. The van der Waals surface area contributed by atoms with Crippen LogP contribution < -0.4 is 10.0 Å². The number of hydrogen-bond donors (Lipinski definition) is 2. The third-order valence-electron chi connectivity index (χ3n) is 7.28. The Morgan fingerprint density at radius 1 is 1.11 bits per heavy atom. The van der Waals surface area contributed by atoms with Gasteiger partial charge in [-0.25, -0.2) is 30.5 Å². The van der Waals surface area contributed by atoms with Crippen molar-refractivity contribution in [2.45, 2.75) is 68.2 Å². The van der Waals surface area contributed by atoms with Crippen LogP contribution in [0.1, 0.15) is 44.6 Å². The van der Waals surface area contributed by atoms with Gasteiger partial charge < -0.3 is 5.32 Å². The molecule has 37 heavy (non-hydrogen) atoms. The monoisotopic (exact) mass is 547 g/mol. The fourth-order valence-corrected chi connectivity index (χ4v) is 8.01. The van der Waals surface area contributed by atoms with Crippen LogP contribution in [-0.2, 0) is 20.0 Å². The molecular formula is C24H29N5O6S2. The van der Waals surface area contributed by atoms with E-state index in [1.807, 2.05) is 13.8 Å². The number of anilines is 1. The molecule has 2 fully saturated rings. The summed E-state index contributed by atoms with van der Waals surface area (Å²) in [6.45, 7) is 3.85. The molecule has 2 saturated carbocycles. The third-order valence-corrected chi connectivity index (χ3v) is 11.0. The molecule has 198 valence electrons. The van der Waals surface area contributed by atoms with E-state index in [0.29, 0.717) is 31.1 Å². The first-order chi connectivity index (χ1) is 17.5. The fourth-order valence-electron chi connectivity index (χ4n) is 5.10. The predicted molar refractivity (Wildman–Crippen MR) is 139 cm³/mol. The van der Waals surface area contributed by atoms with Crippen LogP contribution in [0.25, 0.3) is 11.0 Å². The Morgan fingerprint density at radius 2 is 1.81 bits per heavy atom. The summed E-state index contributed by atoms with van der Waals surface area (Å²) in [7, 11) is -7.35. The Bertz CT molecular complexity index is 1560. The molecule has 3 atom stereocenters. The van der Waals surface area contributed by atoms with Gasteiger partial charge in [-0.05, 0) is 56.7 Å². The number of fused-ring (bicyclic) bond motifs is 1. The van der Waals surface area contributed by atoms with Crippen molar-refractivity contribution in [3.8, 4) is 0 Å². The lowest BCUT2D eigenvalue weighted by Crippen LogP contribution is -2.36. The standard InChI is InChI=1S/C24H29N5O6S2/c1-3-16-12-17(27-36(32,33)18-8-9-18)13-21(16)26-23-20-10-11-28(24(20)25-14-22(23)29(30)31)37(34,35)19-6-4-15(2)5-7-19/h4-7,10-11,14,16-18,21,27H,3,8-9,12-13H2,1-2H3,(H,25,26). The van der Waals surface area contributed by atoms with Gasteiger partial charge in [0.25, 0.3) is 10.0 Å². The minimum absolute atomic E-state index is 0.0747. The van der Waals surface area contributed by atoms with Gasteiger partial charge in [-0.15, -0.1) is 0 Å². The first kappa shape index (κ1) is 25.6. The van der Waals surface area contributed by atoms with Crippen molar-refractivity contribution in [3.05, 3.63) is 58.4 Å². The zero-order valence-corrected chi connectivity index (χ0v) is 22.1. The SMILES string of the molecule is CCC1CC(NS(=O)(=O)C2CC2)CC1Nc1c([N+](=O)[O-])cnc2c1ccn2S(=O)(=O)c1ccc(C)cc1. The van der Waals surface area contributed by atoms with Crippen LogP contribution in [0, 0.1) is 23.0 Å². The maximum absolute atomic E-state index is 13.3. The molecule has 0 bridgehead atoms. The van der Waals surface area contributed by atoms with Crippen molar-refractivity contribution < 1.29 is 21.8 Å². The van der Waals surface area contributed by atoms with Crippen LogP contribution in [-0.4, -0.2) is 48.0 Å². The number of rotatable bonds is 9. The van der Waals surface area contributed by atoms with Gasteiger partial charge in [0.2, 0.25) is 10.0 Å². The molecule has 0 amide bonds. The number of pyridine rings is 1. The Labute approximate surface area is 215 Å². The first-order valence-electron chi connectivity index (χ1n) is 12.3. The largest absolute Gasteiger partial charge is 0.376 e.